The Balaban J connectivity index is 2.86. The Labute approximate surface area is 97.6 Å². The van der Waals surface area contributed by atoms with Gasteiger partial charge in [-0.25, -0.2) is 9.79 Å². The molecule has 0 saturated carbocycles. The normalized spacial score (nSPS) is 11.6. The molecule has 1 unspecified atom stereocenters. The number of benzene rings is 1. The second-order valence-electron chi connectivity index (χ2n) is 3.28. The minimum atomic E-state index is -0.930. The second-order valence-corrected chi connectivity index (χ2v) is 3.71. The zero-order chi connectivity index (χ0) is 12.0. The van der Waals surface area contributed by atoms with Crippen molar-refractivity contribution in [1.82, 2.24) is 0 Å². The molecule has 0 aromatic heterocycles. The molecule has 0 fully saturated rings. The van der Waals surface area contributed by atoms with Crippen molar-refractivity contribution in [3.05, 3.63) is 34.9 Å². The third kappa shape index (κ3) is 3.85. The lowest BCUT2D eigenvalue weighted by Crippen LogP contribution is -2.09. The van der Waals surface area contributed by atoms with E-state index in [1.54, 1.807) is 24.3 Å². The van der Waals surface area contributed by atoms with Gasteiger partial charge in [-0.2, -0.15) is 0 Å². The number of rotatable bonds is 5. The first-order chi connectivity index (χ1) is 7.63. The Morgan fingerprint density at radius 2 is 2.06 bits per heavy atom. The summed E-state index contributed by atoms with van der Waals surface area (Å²) in [7, 11) is 0. The number of halogens is 1. The lowest BCUT2D eigenvalue weighted by atomic mass is 9.96. The zero-order valence-electron chi connectivity index (χ0n) is 8.39. The number of aliphatic carboxylic acids is 1. The summed E-state index contributed by atoms with van der Waals surface area (Å²) in [6, 6.07) is 6.82. The van der Waals surface area contributed by atoms with Gasteiger partial charge in [0.1, 0.15) is 0 Å². The monoisotopic (exact) mass is 239 g/mol. The van der Waals surface area contributed by atoms with E-state index in [4.69, 9.17) is 16.7 Å². The van der Waals surface area contributed by atoms with Gasteiger partial charge in [-0.1, -0.05) is 23.7 Å². The summed E-state index contributed by atoms with van der Waals surface area (Å²) in [5, 5.41) is 9.31. The lowest BCUT2D eigenvalue weighted by molar-refractivity contribution is -0.137. The predicted octanol–water partition coefficient (Wildman–Crippen LogP) is 2.23. The summed E-state index contributed by atoms with van der Waals surface area (Å²) < 4.78 is 0. The van der Waals surface area contributed by atoms with Gasteiger partial charge in [0, 0.05) is 10.9 Å². The highest BCUT2D eigenvalue weighted by molar-refractivity contribution is 6.30. The highest BCUT2D eigenvalue weighted by Crippen LogP contribution is 2.22. The van der Waals surface area contributed by atoms with Gasteiger partial charge in [-0.05, 0) is 17.7 Å². The fourth-order valence-electron chi connectivity index (χ4n) is 1.38. The average Bonchev–Trinajstić information content (AvgIpc) is 2.25. The van der Waals surface area contributed by atoms with E-state index in [0.717, 1.165) is 5.56 Å². The zero-order valence-corrected chi connectivity index (χ0v) is 9.15. The van der Waals surface area contributed by atoms with E-state index in [0.29, 0.717) is 5.02 Å². The van der Waals surface area contributed by atoms with Crippen molar-refractivity contribution >= 4 is 23.7 Å². The first-order valence-corrected chi connectivity index (χ1v) is 5.02. The molecule has 1 aromatic carbocycles. The van der Waals surface area contributed by atoms with Crippen LogP contribution < -0.4 is 0 Å². The molecule has 0 amide bonds. The van der Waals surface area contributed by atoms with Gasteiger partial charge in [-0.15, -0.1) is 0 Å². The molecule has 0 aliphatic heterocycles. The Morgan fingerprint density at radius 3 is 2.56 bits per heavy atom. The maximum Gasteiger partial charge on any atom is 0.304 e. The molecule has 1 atom stereocenters. The molecule has 0 bridgehead atoms. The second kappa shape index (κ2) is 6.05. The highest BCUT2D eigenvalue weighted by Gasteiger charge is 2.15. The molecule has 0 saturated heterocycles. The third-order valence-corrected chi connectivity index (χ3v) is 2.39. The van der Waals surface area contributed by atoms with Gasteiger partial charge in [0.2, 0.25) is 6.08 Å². The van der Waals surface area contributed by atoms with Crippen molar-refractivity contribution in [3.63, 3.8) is 0 Å². The van der Waals surface area contributed by atoms with Crippen LogP contribution in [0.15, 0.2) is 29.3 Å². The van der Waals surface area contributed by atoms with Crippen molar-refractivity contribution in [1.29, 1.82) is 0 Å². The Kier molecular flexibility index (Phi) is 4.70. The van der Waals surface area contributed by atoms with Crippen LogP contribution in [0, 0.1) is 0 Å². The number of hydrogen-bond donors (Lipinski definition) is 1. The SMILES string of the molecule is O=C=NCC(CC(=O)O)c1ccc(Cl)cc1. The number of carboxylic acid groups (broad SMARTS) is 1. The lowest BCUT2D eigenvalue weighted by Gasteiger charge is -2.11. The summed E-state index contributed by atoms with van der Waals surface area (Å²) in [4.78, 5) is 24.1. The van der Waals surface area contributed by atoms with E-state index in [1.807, 2.05) is 0 Å². The van der Waals surface area contributed by atoms with Gasteiger partial charge >= 0.3 is 5.97 Å². The summed E-state index contributed by atoms with van der Waals surface area (Å²) >= 11 is 5.72. The van der Waals surface area contributed by atoms with E-state index in [2.05, 4.69) is 4.99 Å². The maximum absolute atomic E-state index is 10.6. The van der Waals surface area contributed by atoms with Gasteiger partial charge in [-0.3, -0.25) is 4.79 Å². The molecule has 0 aliphatic carbocycles. The van der Waals surface area contributed by atoms with Crippen molar-refractivity contribution in [3.8, 4) is 0 Å². The van der Waals surface area contributed by atoms with E-state index in [1.165, 1.54) is 6.08 Å². The van der Waals surface area contributed by atoms with Crippen molar-refractivity contribution < 1.29 is 14.7 Å². The van der Waals surface area contributed by atoms with Crippen LogP contribution in [0.3, 0.4) is 0 Å². The number of hydrogen-bond acceptors (Lipinski definition) is 3. The Morgan fingerprint density at radius 1 is 1.44 bits per heavy atom. The molecule has 5 heteroatoms. The van der Waals surface area contributed by atoms with E-state index in [-0.39, 0.29) is 18.9 Å². The van der Waals surface area contributed by atoms with Crippen LogP contribution in [0.2, 0.25) is 5.02 Å². The van der Waals surface area contributed by atoms with Gasteiger partial charge in [0.25, 0.3) is 0 Å². The summed E-state index contributed by atoms with van der Waals surface area (Å²) in [6.45, 7) is 0.122. The van der Waals surface area contributed by atoms with Crippen molar-refractivity contribution in [2.45, 2.75) is 12.3 Å². The fourth-order valence-corrected chi connectivity index (χ4v) is 1.51. The number of isocyanates is 1. The predicted molar refractivity (Wildman–Crippen MR) is 59.4 cm³/mol. The van der Waals surface area contributed by atoms with Crippen LogP contribution in [-0.2, 0) is 9.59 Å². The number of aliphatic imine (C=N–C) groups is 1. The molecule has 1 rings (SSSR count). The fraction of sp³-hybridized carbons (Fsp3) is 0.273. The molecule has 4 nitrogen and oxygen atoms in total. The van der Waals surface area contributed by atoms with E-state index < -0.39 is 5.97 Å². The van der Waals surface area contributed by atoms with Crippen molar-refractivity contribution in [2.75, 3.05) is 6.54 Å². The Bertz CT molecular complexity index is 406. The quantitative estimate of drug-likeness (QED) is 0.633. The van der Waals surface area contributed by atoms with Gasteiger partial charge in [0.15, 0.2) is 0 Å². The minimum absolute atomic E-state index is 0.0766. The van der Waals surface area contributed by atoms with Crippen LogP contribution in [0.25, 0.3) is 0 Å². The standard InChI is InChI=1S/C11H10ClNO3/c12-10-3-1-8(2-4-10)9(5-11(15)16)6-13-7-14/h1-4,9H,5-6H2,(H,15,16). The molecule has 0 radical (unpaired) electrons. The molecule has 0 heterocycles. The smallest absolute Gasteiger partial charge is 0.304 e. The van der Waals surface area contributed by atoms with Gasteiger partial charge < -0.3 is 5.11 Å². The summed E-state index contributed by atoms with van der Waals surface area (Å²) in [6.07, 6.45) is 1.33. The largest absolute Gasteiger partial charge is 0.481 e. The van der Waals surface area contributed by atoms with Crippen molar-refractivity contribution in [2.24, 2.45) is 4.99 Å². The number of nitrogens with zero attached hydrogens (tertiary/aromatic N) is 1. The van der Waals surface area contributed by atoms with Crippen LogP contribution >= 0.6 is 11.6 Å². The molecular formula is C11H10ClNO3. The minimum Gasteiger partial charge on any atom is -0.481 e. The van der Waals surface area contributed by atoms with E-state index in [9.17, 15) is 9.59 Å². The third-order valence-electron chi connectivity index (χ3n) is 2.14. The van der Waals surface area contributed by atoms with Crippen LogP contribution in [0.5, 0.6) is 0 Å². The van der Waals surface area contributed by atoms with Crippen LogP contribution in [0.4, 0.5) is 0 Å². The topological polar surface area (TPSA) is 66.7 Å². The molecule has 84 valence electrons. The first kappa shape index (κ1) is 12.4. The maximum atomic E-state index is 10.6. The van der Waals surface area contributed by atoms with Gasteiger partial charge in [0.05, 0.1) is 13.0 Å². The highest BCUT2D eigenvalue weighted by atomic mass is 35.5. The molecule has 1 N–H and O–H groups in total. The number of carbonyl (C=O) groups excluding carboxylic acids is 1. The molecule has 16 heavy (non-hydrogen) atoms. The van der Waals surface area contributed by atoms with Crippen LogP contribution in [-0.4, -0.2) is 23.7 Å². The summed E-state index contributed by atoms with van der Waals surface area (Å²) in [5.74, 6) is -1.25. The number of carbonyl (C=O) groups is 1. The number of carboxylic acids is 1. The summed E-state index contributed by atoms with van der Waals surface area (Å²) in [5.41, 5.74) is 0.797. The molecular weight excluding hydrogens is 230 g/mol. The van der Waals surface area contributed by atoms with Crippen LogP contribution in [0.1, 0.15) is 17.9 Å². The molecule has 1 aromatic rings. The Hall–Kier alpha value is -1.64. The molecule has 0 spiro atoms. The average molecular weight is 240 g/mol. The molecule has 0 aliphatic rings. The van der Waals surface area contributed by atoms with E-state index >= 15 is 0 Å². The first-order valence-electron chi connectivity index (χ1n) is 4.64.